The first-order valence-electron chi connectivity index (χ1n) is 11.5. The fourth-order valence-corrected chi connectivity index (χ4v) is 5.26. The highest BCUT2D eigenvalue weighted by Gasteiger charge is 2.18. The van der Waals surface area contributed by atoms with Crippen molar-refractivity contribution in [3.63, 3.8) is 0 Å². The first-order chi connectivity index (χ1) is 20.3. The monoisotopic (exact) mass is 694 g/mol. The highest BCUT2D eigenvalue weighted by atomic mass is 35.7. The Morgan fingerprint density at radius 1 is 0.837 bits per heavy atom. The van der Waals surface area contributed by atoms with Gasteiger partial charge in [-0.25, -0.2) is 40.3 Å². The van der Waals surface area contributed by atoms with Crippen LogP contribution in [0.3, 0.4) is 0 Å². The molecule has 43 heavy (non-hydrogen) atoms. The van der Waals surface area contributed by atoms with E-state index in [0.717, 1.165) is 6.20 Å². The molecular weight excluding hydrogens is 677 g/mol. The van der Waals surface area contributed by atoms with Crippen LogP contribution in [0.2, 0.25) is 10.0 Å². The number of pyridine rings is 2. The minimum atomic E-state index is -3.73. The minimum Gasteiger partial charge on any atom is -0.325 e. The van der Waals surface area contributed by atoms with Gasteiger partial charge in [0.2, 0.25) is 10.0 Å². The predicted molar refractivity (Wildman–Crippen MR) is 152 cm³/mol. The lowest BCUT2D eigenvalue weighted by Crippen LogP contribution is -2.23. The van der Waals surface area contributed by atoms with Crippen LogP contribution in [0, 0.1) is 11.6 Å². The predicted octanol–water partition coefficient (Wildman–Crippen LogP) is 3.25. The van der Waals surface area contributed by atoms with E-state index in [1.165, 1.54) is 47.8 Å². The average Bonchev–Trinajstić information content (AvgIpc) is 3.79. The molecule has 14 nitrogen and oxygen atoms in total. The summed E-state index contributed by atoms with van der Waals surface area (Å²) in [4.78, 5) is 7.93. The minimum absolute atomic E-state index is 0.00970. The highest BCUT2D eigenvalue weighted by Crippen LogP contribution is 2.22. The van der Waals surface area contributed by atoms with Gasteiger partial charge in [0.1, 0.15) is 20.8 Å². The van der Waals surface area contributed by atoms with Gasteiger partial charge in [0.15, 0.2) is 11.6 Å². The number of nitrogens with zero attached hydrogens (tertiary/aromatic N) is 6. The molecule has 0 spiro atoms. The van der Waals surface area contributed by atoms with Gasteiger partial charge in [-0.15, -0.1) is 0 Å². The summed E-state index contributed by atoms with van der Waals surface area (Å²) in [6.07, 6.45) is 10.8. The molecule has 0 aliphatic carbocycles. The highest BCUT2D eigenvalue weighted by molar-refractivity contribution is 8.13. The van der Waals surface area contributed by atoms with Gasteiger partial charge in [-0.1, -0.05) is 23.2 Å². The number of hydrogen-bond donors (Lipinski definition) is 4. The number of fused-ring (bicyclic) bond motifs is 2. The third kappa shape index (κ3) is 7.47. The summed E-state index contributed by atoms with van der Waals surface area (Å²) in [7, 11) is -2.40. The fourth-order valence-electron chi connectivity index (χ4n) is 3.45. The van der Waals surface area contributed by atoms with E-state index in [0.29, 0.717) is 11.2 Å². The van der Waals surface area contributed by atoms with Crippen LogP contribution in [0.15, 0.2) is 71.8 Å². The van der Waals surface area contributed by atoms with Crippen molar-refractivity contribution in [2.45, 2.75) is 22.9 Å². The van der Waals surface area contributed by atoms with Gasteiger partial charge in [0, 0.05) is 42.0 Å². The lowest BCUT2D eigenvalue weighted by atomic mass is 10.3. The number of sulfonamides is 1. The van der Waals surface area contributed by atoms with Gasteiger partial charge in [-0.05, 0) is 12.1 Å². The van der Waals surface area contributed by atoms with E-state index >= 15 is 0 Å². The van der Waals surface area contributed by atoms with Crippen LogP contribution in [0.5, 0.6) is 0 Å². The number of hydrogen-bond acceptors (Lipinski definition) is 9. The van der Waals surface area contributed by atoms with Gasteiger partial charge >= 0.3 is 0 Å². The van der Waals surface area contributed by atoms with Crippen LogP contribution in [-0.4, -0.2) is 56.0 Å². The Morgan fingerprint density at radius 2 is 1.33 bits per heavy atom. The molecule has 21 heteroatoms. The van der Waals surface area contributed by atoms with E-state index in [1.807, 2.05) is 0 Å². The van der Waals surface area contributed by atoms with E-state index in [2.05, 4.69) is 35.1 Å². The molecule has 6 aromatic rings. The molecule has 0 atom stereocenters. The second-order valence-corrected chi connectivity index (χ2v) is 13.3. The number of rotatable bonds is 6. The van der Waals surface area contributed by atoms with Crippen molar-refractivity contribution >= 4 is 64.0 Å². The van der Waals surface area contributed by atoms with Crippen LogP contribution in [0.1, 0.15) is 11.4 Å². The summed E-state index contributed by atoms with van der Waals surface area (Å²) in [5, 5.41) is 11.7. The van der Waals surface area contributed by atoms with Crippen LogP contribution in [-0.2, 0) is 32.2 Å². The first kappa shape index (κ1) is 32.3. The summed E-state index contributed by atoms with van der Waals surface area (Å²) < 4.78 is 77.5. The summed E-state index contributed by atoms with van der Waals surface area (Å²) in [5.41, 5.74) is 6.64. The number of H-pyrrole nitrogens is 2. The van der Waals surface area contributed by atoms with E-state index in [9.17, 15) is 25.6 Å². The fraction of sp³-hybridized carbons (Fsp3) is 0.0909. The molecule has 5 N–H and O–H groups in total. The smallest absolute Gasteiger partial charge is 0.264 e. The lowest BCUT2D eigenvalue weighted by molar-refractivity contribution is 0.580. The molecule has 0 amide bonds. The largest absolute Gasteiger partial charge is 0.325 e. The maximum atomic E-state index is 14.0. The zero-order valence-electron chi connectivity index (χ0n) is 21.3. The van der Waals surface area contributed by atoms with Crippen molar-refractivity contribution in [2.75, 3.05) is 0 Å². The van der Waals surface area contributed by atoms with Crippen molar-refractivity contribution in [3.05, 3.63) is 95.0 Å². The van der Waals surface area contributed by atoms with E-state index < -0.39 is 30.7 Å². The average molecular weight is 696 g/mol. The van der Waals surface area contributed by atoms with Crippen LogP contribution >= 0.6 is 33.9 Å². The Morgan fingerprint density at radius 3 is 1.77 bits per heavy atom. The number of halogens is 5. The Kier molecular flexibility index (Phi) is 10.0. The van der Waals surface area contributed by atoms with E-state index in [-0.39, 0.29) is 44.1 Å². The summed E-state index contributed by atoms with van der Waals surface area (Å²) in [5.74, 6) is -1.11. The molecule has 0 radical (unpaired) electrons. The van der Waals surface area contributed by atoms with Gasteiger partial charge in [0.25, 0.3) is 9.05 Å². The van der Waals surface area contributed by atoms with Crippen molar-refractivity contribution in [1.29, 1.82) is 0 Å². The number of imidazole rings is 2. The van der Waals surface area contributed by atoms with Gasteiger partial charge in [-0.2, -0.15) is 10.2 Å². The Balaban J connectivity index is 0.000000163. The molecule has 0 bridgehead atoms. The quantitative estimate of drug-likeness (QED) is 0.189. The maximum Gasteiger partial charge on any atom is 0.264 e. The number of nitrogens with one attached hydrogen (secondary N) is 3. The first-order valence-corrected chi connectivity index (χ1v) is 16.1. The number of aromatic amines is 2. The van der Waals surface area contributed by atoms with Crippen LogP contribution < -0.4 is 10.5 Å². The van der Waals surface area contributed by atoms with Crippen molar-refractivity contribution in [1.82, 2.24) is 43.9 Å². The van der Waals surface area contributed by atoms with Gasteiger partial charge < -0.3 is 14.5 Å². The molecule has 0 saturated carbocycles. The normalized spacial score (nSPS) is 11.7. The Hall–Kier alpha value is -3.65. The third-order valence-electron chi connectivity index (χ3n) is 5.50. The summed E-state index contributed by atoms with van der Waals surface area (Å²) in [6, 6.07) is 2.87. The zero-order valence-corrected chi connectivity index (χ0v) is 25.2. The zero-order chi connectivity index (χ0) is 31.4. The van der Waals surface area contributed by atoms with Crippen LogP contribution in [0.4, 0.5) is 8.78 Å². The van der Waals surface area contributed by atoms with Crippen molar-refractivity contribution < 1.29 is 25.6 Å². The third-order valence-corrected chi connectivity index (χ3v) is 8.77. The molecule has 6 rings (SSSR count). The molecule has 228 valence electrons. The van der Waals surface area contributed by atoms with Crippen LogP contribution in [0.25, 0.3) is 11.0 Å². The molecule has 6 aromatic heterocycles. The molecule has 6 heterocycles. The summed E-state index contributed by atoms with van der Waals surface area (Å²) in [6.45, 7) is 0.0367. The Bertz CT molecular complexity index is 2070. The topological polar surface area (TPSA) is 198 Å². The van der Waals surface area contributed by atoms with Crippen molar-refractivity contribution in [2.24, 2.45) is 5.73 Å². The second kappa shape index (κ2) is 13.3. The molecule has 0 aliphatic rings. The van der Waals surface area contributed by atoms with E-state index in [1.54, 1.807) is 16.8 Å². The standard InChI is InChI=1S/C11H9ClFN5O2S.C8H7ClFN3.C3H3ClN2O2S/c12-8-1-2-18-6-14-9(11(18)10(8)13)5-17-21(19,20)7-3-15-16-4-7;9-5-1-2-13-4-12-6(3-11)8(13)7(5)10;4-9(7,8)3-1-5-6-2-3/h1-4,6,17H,5H2,(H,15,16);1-2,4H,3,11H2;1-2H,(H,5,6). The molecule has 0 aliphatic heterocycles. The summed E-state index contributed by atoms with van der Waals surface area (Å²) >= 11 is 11.3. The second-order valence-electron chi connectivity index (χ2n) is 8.18. The lowest BCUT2D eigenvalue weighted by Gasteiger charge is -2.04. The molecule has 0 saturated heterocycles. The molecule has 0 fully saturated rings. The number of nitrogens with two attached hydrogens (primary N) is 1. The SMILES string of the molecule is NCc1ncn2ccc(Cl)c(F)c12.O=S(=O)(Cl)c1cn[nH]c1.O=S(=O)(NCc1ncn2ccc(Cl)c(F)c12)c1cn[nH]c1. The van der Waals surface area contributed by atoms with Crippen molar-refractivity contribution in [3.8, 4) is 0 Å². The van der Waals surface area contributed by atoms with Gasteiger partial charge in [0.05, 0.1) is 53.0 Å². The van der Waals surface area contributed by atoms with Gasteiger partial charge in [-0.3, -0.25) is 10.2 Å². The molecular formula is C22H19Cl3F2N10O4S2. The number of aromatic nitrogens is 8. The Labute approximate surface area is 256 Å². The maximum absolute atomic E-state index is 14.0. The van der Waals surface area contributed by atoms with E-state index in [4.69, 9.17) is 39.6 Å². The molecule has 0 unspecified atom stereocenters. The molecule has 0 aromatic carbocycles.